The van der Waals surface area contributed by atoms with Gasteiger partial charge in [0, 0.05) is 0 Å². The lowest BCUT2D eigenvalue weighted by Gasteiger charge is -2.65. The lowest BCUT2D eigenvalue weighted by atomic mass is 9.44. The van der Waals surface area contributed by atoms with Crippen LogP contribution in [0.4, 0.5) is 26.3 Å². The van der Waals surface area contributed by atoms with Crippen molar-refractivity contribution in [2.24, 2.45) is 28.6 Å². The van der Waals surface area contributed by atoms with E-state index in [2.05, 4.69) is 30.7 Å². The van der Waals surface area contributed by atoms with Gasteiger partial charge >= 0.3 is 18.3 Å². The molecule has 0 N–H and O–H groups in total. The molecule has 11 heteroatoms. The number of esters is 1. The molecule has 0 aliphatic heterocycles. The van der Waals surface area contributed by atoms with Gasteiger partial charge in [0.15, 0.2) is 8.32 Å². The molecule has 4 aliphatic rings. The highest BCUT2D eigenvalue weighted by molar-refractivity contribution is 6.74. The highest BCUT2D eigenvalue weighted by Crippen LogP contribution is 2.77. The van der Waals surface area contributed by atoms with Gasteiger partial charge in [0.1, 0.15) is 5.75 Å². The Morgan fingerprint density at radius 1 is 1.00 bits per heavy atom. The third kappa shape index (κ3) is 4.76. The van der Waals surface area contributed by atoms with Crippen LogP contribution in [0.15, 0.2) is 18.2 Å². The summed E-state index contributed by atoms with van der Waals surface area (Å²) < 4.78 is 97.9. The van der Waals surface area contributed by atoms with E-state index in [-0.39, 0.29) is 34.6 Å². The molecule has 43 heavy (non-hydrogen) atoms. The van der Waals surface area contributed by atoms with Crippen LogP contribution in [0.2, 0.25) is 18.1 Å². The van der Waals surface area contributed by atoms with Gasteiger partial charge < -0.3 is 13.9 Å². The van der Waals surface area contributed by atoms with Gasteiger partial charge in [-0.3, -0.25) is 4.79 Å². The fourth-order valence-corrected chi connectivity index (χ4v) is 11.0. The topological polar surface area (TPSA) is 44.8 Å². The van der Waals surface area contributed by atoms with Crippen LogP contribution >= 0.6 is 0 Å². The number of hydrogen-bond donors (Lipinski definition) is 0. The van der Waals surface area contributed by atoms with Crippen molar-refractivity contribution in [3.63, 3.8) is 0 Å². The number of halogens is 6. The number of benzene rings is 1. The quantitative estimate of drug-likeness (QED) is 0.184. The monoisotopic (exact) mass is 634 g/mol. The predicted molar refractivity (Wildman–Crippen MR) is 152 cm³/mol. The summed E-state index contributed by atoms with van der Waals surface area (Å²) in [5.74, 6) is -1.69. The summed E-state index contributed by atoms with van der Waals surface area (Å²) in [5, 5.41) is -0.296. The number of ether oxygens (including phenoxy) is 2. The summed E-state index contributed by atoms with van der Waals surface area (Å²) >= 11 is 0. The summed E-state index contributed by atoms with van der Waals surface area (Å²) in [6.07, 6.45) is -11.6. The normalized spacial score (nSPS) is 35.8. The zero-order valence-corrected chi connectivity index (χ0v) is 27.3. The van der Waals surface area contributed by atoms with Crippen LogP contribution in [0.1, 0.15) is 83.8 Å². The van der Waals surface area contributed by atoms with Crippen molar-refractivity contribution in [2.75, 3.05) is 7.11 Å². The minimum Gasteiger partial charge on any atom is -0.497 e. The fourth-order valence-electron chi connectivity index (χ4n) is 9.26. The molecule has 3 saturated carbocycles. The van der Waals surface area contributed by atoms with Crippen molar-refractivity contribution in [1.29, 1.82) is 0 Å². The Hall–Kier alpha value is -1.75. The van der Waals surface area contributed by atoms with Gasteiger partial charge in [-0.05, 0) is 109 Å². The lowest BCUT2D eigenvalue weighted by molar-refractivity contribution is -0.318. The molecule has 0 aromatic heterocycles. The minimum atomic E-state index is -5.77. The molecular weight excluding hydrogens is 590 g/mol. The number of rotatable bonds is 5. The summed E-state index contributed by atoms with van der Waals surface area (Å²) in [6, 6.07) is 6.20. The first-order valence-electron chi connectivity index (χ1n) is 15.2. The van der Waals surface area contributed by atoms with E-state index in [1.54, 1.807) is 7.11 Å². The predicted octanol–water partition coefficient (Wildman–Crippen LogP) is 8.98. The van der Waals surface area contributed by atoms with E-state index in [4.69, 9.17) is 9.16 Å². The Morgan fingerprint density at radius 3 is 2.19 bits per heavy atom. The van der Waals surface area contributed by atoms with E-state index in [9.17, 15) is 31.1 Å². The summed E-state index contributed by atoms with van der Waals surface area (Å²) in [4.78, 5) is 13.5. The standard InChI is InChI=1S/C32H44F6O4Si/c1-27(2,3)43(7,8)42-30-19(16-23(30)25(39)41-26(31(33,34)35)32(36,37)38)17-24-28(4)13-11-18-15-20(40-6)9-10-21(18)22(28)12-14-29(24,30)5/h9-10,15,19,22-24,26H,11-14,16-17H2,1-8H3/t19-,22-,23-,24+,28-,29+,30-/m1/s1. The number of methoxy groups -OCH3 is 1. The third-order valence-corrected chi connectivity index (χ3v) is 16.8. The molecule has 0 spiro atoms. The summed E-state index contributed by atoms with van der Waals surface area (Å²) in [6.45, 7) is 14.6. The molecule has 242 valence electrons. The Balaban J connectivity index is 1.56. The molecule has 0 bridgehead atoms. The first-order chi connectivity index (χ1) is 19.5. The Kier molecular flexibility index (Phi) is 7.49. The van der Waals surface area contributed by atoms with Gasteiger partial charge in [0.2, 0.25) is 0 Å². The molecule has 0 saturated heterocycles. The molecule has 3 fully saturated rings. The number of alkyl halides is 6. The molecule has 5 rings (SSSR count). The maximum atomic E-state index is 13.5. The Morgan fingerprint density at radius 2 is 1.63 bits per heavy atom. The smallest absolute Gasteiger partial charge is 0.434 e. The van der Waals surface area contributed by atoms with Crippen molar-refractivity contribution in [1.82, 2.24) is 0 Å². The molecular formula is C32H44F6O4Si. The second-order valence-electron chi connectivity index (χ2n) is 15.4. The van der Waals surface area contributed by atoms with Gasteiger partial charge in [-0.1, -0.05) is 40.7 Å². The Labute approximate surface area is 251 Å². The molecule has 0 heterocycles. The number of fused-ring (bicyclic) bond motifs is 7. The SMILES string of the molecule is COc1ccc2c(c1)CC[C@]1(C)[C@@H]2CC[C@@]2(C)[C@H]1C[C@H]1C[C@H](C(=O)OC(C(F)(F)F)C(F)(F)F)[C@]12O[Si](C)(C)C(C)(C)C. The van der Waals surface area contributed by atoms with Gasteiger partial charge in [-0.15, -0.1) is 0 Å². The highest BCUT2D eigenvalue weighted by Gasteiger charge is 2.79. The average molecular weight is 635 g/mol. The Bertz CT molecular complexity index is 1260. The van der Waals surface area contributed by atoms with Crippen LogP contribution in [0.3, 0.4) is 0 Å². The van der Waals surface area contributed by atoms with E-state index >= 15 is 0 Å². The highest BCUT2D eigenvalue weighted by atomic mass is 28.4. The van der Waals surface area contributed by atoms with Crippen LogP contribution in [0, 0.1) is 28.6 Å². The van der Waals surface area contributed by atoms with Crippen molar-refractivity contribution >= 4 is 14.3 Å². The van der Waals surface area contributed by atoms with Gasteiger partial charge in [-0.25, -0.2) is 0 Å². The van der Waals surface area contributed by atoms with E-state index < -0.39 is 49.7 Å². The van der Waals surface area contributed by atoms with Gasteiger partial charge in [0.25, 0.3) is 6.10 Å². The van der Waals surface area contributed by atoms with Crippen molar-refractivity contribution in [3.05, 3.63) is 29.3 Å². The molecule has 1 aromatic rings. The van der Waals surface area contributed by atoms with Crippen molar-refractivity contribution in [3.8, 4) is 5.75 Å². The van der Waals surface area contributed by atoms with E-state index in [0.717, 1.165) is 31.4 Å². The van der Waals surface area contributed by atoms with Crippen LogP contribution < -0.4 is 4.74 Å². The van der Waals surface area contributed by atoms with Crippen molar-refractivity contribution in [2.45, 2.75) is 121 Å². The molecule has 0 amide bonds. The van der Waals surface area contributed by atoms with Gasteiger partial charge in [-0.2, -0.15) is 26.3 Å². The first-order valence-corrected chi connectivity index (χ1v) is 18.1. The third-order valence-electron chi connectivity index (χ3n) is 12.4. The average Bonchev–Trinajstić information content (AvgIpc) is 3.04. The van der Waals surface area contributed by atoms with Crippen LogP contribution in [0.5, 0.6) is 5.75 Å². The number of hydrogen-bond acceptors (Lipinski definition) is 4. The maximum Gasteiger partial charge on any atom is 0.434 e. The van der Waals surface area contributed by atoms with E-state index in [0.29, 0.717) is 6.42 Å². The number of carbonyl (C=O) groups is 1. The second-order valence-corrected chi connectivity index (χ2v) is 20.1. The van der Waals surface area contributed by atoms with Crippen LogP contribution in [-0.2, 0) is 20.4 Å². The fraction of sp³-hybridized carbons (Fsp3) is 0.781. The zero-order chi connectivity index (χ0) is 32.2. The largest absolute Gasteiger partial charge is 0.497 e. The zero-order valence-electron chi connectivity index (χ0n) is 26.3. The van der Waals surface area contributed by atoms with E-state index in [1.807, 2.05) is 39.9 Å². The molecule has 7 atom stereocenters. The van der Waals surface area contributed by atoms with Crippen molar-refractivity contribution < 1.29 is 45.0 Å². The van der Waals surface area contributed by atoms with Crippen LogP contribution in [-0.4, -0.2) is 45.5 Å². The maximum absolute atomic E-state index is 13.5. The number of aryl methyl sites for hydroxylation is 1. The lowest BCUT2D eigenvalue weighted by Crippen LogP contribution is -2.71. The molecule has 4 nitrogen and oxygen atoms in total. The van der Waals surface area contributed by atoms with E-state index in [1.165, 1.54) is 11.1 Å². The first kappa shape index (κ1) is 32.6. The summed E-state index contributed by atoms with van der Waals surface area (Å²) in [5.41, 5.74) is 0.545. The second kappa shape index (κ2) is 9.87. The molecule has 0 unspecified atom stereocenters. The molecule has 4 aliphatic carbocycles. The molecule has 1 aromatic carbocycles. The number of carbonyl (C=O) groups excluding carboxylic acids is 1. The van der Waals surface area contributed by atoms with Gasteiger partial charge in [0.05, 0.1) is 18.6 Å². The molecule has 0 radical (unpaired) electrons. The van der Waals surface area contributed by atoms with Crippen LogP contribution in [0.25, 0.3) is 0 Å². The minimum absolute atomic E-state index is 0.0719. The summed E-state index contributed by atoms with van der Waals surface area (Å²) in [7, 11) is -1.02.